The summed E-state index contributed by atoms with van der Waals surface area (Å²) in [4.78, 5) is 19.4. The number of pyridine rings is 1. The average molecular weight is 431 g/mol. The van der Waals surface area contributed by atoms with Crippen molar-refractivity contribution in [3.05, 3.63) is 16.9 Å². The number of aliphatic hydroxyl groups excluding tert-OH is 3. The minimum absolute atomic E-state index is 0.0836. The molecule has 0 radical (unpaired) electrons. The van der Waals surface area contributed by atoms with Gasteiger partial charge in [-0.25, -0.2) is 4.79 Å². The van der Waals surface area contributed by atoms with Crippen molar-refractivity contribution in [2.75, 3.05) is 39.5 Å². The largest absolute Gasteiger partial charge is 0.492 e. The maximum atomic E-state index is 12.5. The number of piperidine rings is 1. The molecule has 0 aliphatic carbocycles. The van der Waals surface area contributed by atoms with Gasteiger partial charge in [-0.15, -0.1) is 0 Å². The first-order chi connectivity index (χ1) is 14.0. The summed E-state index contributed by atoms with van der Waals surface area (Å²) in [5.74, 6) is 0.773. The quantitative estimate of drug-likeness (QED) is 0.358. The second-order valence-electron chi connectivity index (χ2n) is 6.80. The van der Waals surface area contributed by atoms with Gasteiger partial charge in [0.1, 0.15) is 5.75 Å². The maximum absolute atomic E-state index is 12.5. The number of carbonyl (C=O) groups is 1. The molecule has 9 nitrogen and oxygen atoms in total. The summed E-state index contributed by atoms with van der Waals surface area (Å²) < 4.78 is 12.7. The highest BCUT2D eigenvalue weighted by atomic mass is 32.1. The number of aromatic nitrogens is 1. The zero-order valence-electron chi connectivity index (χ0n) is 16.5. The molecule has 0 bridgehead atoms. The van der Waals surface area contributed by atoms with E-state index in [1.807, 2.05) is 0 Å². The lowest BCUT2D eigenvalue weighted by atomic mass is 10.1. The third-order valence-corrected chi connectivity index (χ3v) is 4.84. The number of carbonyl (C=O) groups excluding carboxylic acids is 1. The molecule has 164 valence electrons. The van der Waals surface area contributed by atoms with Crippen molar-refractivity contribution in [1.29, 1.82) is 0 Å². The molecule has 29 heavy (non-hydrogen) atoms. The van der Waals surface area contributed by atoms with E-state index in [1.54, 1.807) is 6.07 Å². The summed E-state index contributed by atoms with van der Waals surface area (Å²) in [5, 5.41) is 27.4. The number of unbranched alkanes of at least 4 members (excludes halogenated alkanes) is 2. The number of amides is 1. The van der Waals surface area contributed by atoms with Crippen LogP contribution >= 0.6 is 12.2 Å². The molecular weight excluding hydrogens is 400 g/mol. The molecule has 2 heterocycles. The minimum Gasteiger partial charge on any atom is -0.492 e. The standard InChI is InChI=1S/C19H30N2O7S/c22-9-1-3-11-26-16-13-17(27-12-4-2-10-23)18(29)21(14-16)28-19(25)20-7-5-15(24)6-8-20/h13-15,22-24H,1-12H2. The molecule has 0 unspecified atom stereocenters. The second-order valence-corrected chi connectivity index (χ2v) is 7.19. The molecule has 2 rings (SSSR count). The van der Waals surface area contributed by atoms with Gasteiger partial charge in [0.25, 0.3) is 0 Å². The Balaban J connectivity index is 2.09. The highest BCUT2D eigenvalue weighted by molar-refractivity contribution is 7.71. The molecule has 3 N–H and O–H groups in total. The van der Waals surface area contributed by atoms with Gasteiger partial charge in [-0.2, -0.15) is 4.73 Å². The van der Waals surface area contributed by atoms with Crippen LogP contribution in [0.25, 0.3) is 0 Å². The Morgan fingerprint density at radius 3 is 2.31 bits per heavy atom. The fourth-order valence-electron chi connectivity index (χ4n) is 2.75. The van der Waals surface area contributed by atoms with E-state index in [-0.39, 0.29) is 17.9 Å². The SMILES string of the molecule is O=C(On1cc(OCCCCO)cc(OCCCCO)c1=S)N1CCC(O)CC1. The van der Waals surface area contributed by atoms with Gasteiger partial charge >= 0.3 is 6.09 Å². The lowest BCUT2D eigenvalue weighted by molar-refractivity contribution is 0.0527. The van der Waals surface area contributed by atoms with Crippen molar-refractivity contribution >= 4 is 18.3 Å². The van der Waals surface area contributed by atoms with Crippen molar-refractivity contribution in [3.8, 4) is 11.5 Å². The van der Waals surface area contributed by atoms with E-state index in [0.29, 0.717) is 76.3 Å². The van der Waals surface area contributed by atoms with E-state index in [2.05, 4.69) is 0 Å². The van der Waals surface area contributed by atoms with E-state index in [0.717, 1.165) is 4.73 Å². The number of ether oxygens (including phenoxy) is 2. The zero-order chi connectivity index (χ0) is 21.1. The van der Waals surface area contributed by atoms with Crippen LogP contribution < -0.4 is 14.3 Å². The summed E-state index contributed by atoms with van der Waals surface area (Å²) in [7, 11) is 0. The summed E-state index contributed by atoms with van der Waals surface area (Å²) in [6.45, 7) is 1.75. The molecule has 10 heteroatoms. The normalized spacial score (nSPS) is 14.7. The first kappa shape index (κ1) is 23.4. The number of rotatable bonds is 11. The van der Waals surface area contributed by atoms with Gasteiger partial charge in [0, 0.05) is 32.4 Å². The highest BCUT2D eigenvalue weighted by Crippen LogP contribution is 2.22. The van der Waals surface area contributed by atoms with Crippen molar-refractivity contribution in [2.45, 2.75) is 44.6 Å². The number of hydrogen-bond donors (Lipinski definition) is 3. The van der Waals surface area contributed by atoms with Gasteiger partial charge in [-0.3, -0.25) is 0 Å². The van der Waals surface area contributed by atoms with Crippen molar-refractivity contribution in [3.63, 3.8) is 0 Å². The van der Waals surface area contributed by atoms with E-state index in [1.165, 1.54) is 11.1 Å². The van der Waals surface area contributed by atoms with Crippen molar-refractivity contribution in [1.82, 2.24) is 9.63 Å². The van der Waals surface area contributed by atoms with E-state index in [4.69, 9.17) is 36.7 Å². The maximum Gasteiger partial charge on any atom is 0.434 e. The van der Waals surface area contributed by atoms with Gasteiger partial charge in [0.2, 0.25) is 0 Å². The van der Waals surface area contributed by atoms with E-state index >= 15 is 0 Å². The minimum atomic E-state index is -0.559. The number of aliphatic hydroxyl groups is 3. The van der Waals surface area contributed by atoms with Crippen LogP contribution in [0.2, 0.25) is 0 Å². The number of hydrogen-bond acceptors (Lipinski definition) is 8. The van der Waals surface area contributed by atoms with Gasteiger partial charge in [0.15, 0.2) is 10.4 Å². The molecule has 1 saturated heterocycles. The molecule has 1 aliphatic heterocycles. The summed E-state index contributed by atoms with van der Waals surface area (Å²) in [6.07, 6.45) is 4.11. The Hall–Kier alpha value is -1.88. The van der Waals surface area contributed by atoms with Crippen LogP contribution in [0.1, 0.15) is 38.5 Å². The molecule has 0 atom stereocenters. The smallest absolute Gasteiger partial charge is 0.434 e. The number of nitrogens with zero attached hydrogens (tertiary/aromatic N) is 2. The lowest BCUT2D eigenvalue weighted by Crippen LogP contribution is -2.43. The van der Waals surface area contributed by atoms with Crippen LogP contribution in [0, 0.1) is 4.64 Å². The molecule has 0 spiro atoms. The Morgan fingerprint density at radius 1 is 1.07 bits per heavy atom. The summed E-state index contributed by atoms with van der Waals surface area (Å²) in [5.41, 5.74) is 0. The Kier molecular flexibility index (Phi) is 10.2. The van der Waals surface area contributed by atoms with Gasteiger partial charge < -0.3 is 34.5 Å². The molecule has 0 saturated carbocycles. The van der Waals surface area contributed by atoms with Crippen LogP contribution in [0.4, 0.5) is 4.79 Å². The monoisotopic (exact) mass is 430 g/mol. The fraction of sp³-hybridized carbons (Fsp3) is 0.684. The van der Waals surface area contributed by atoms with Gasteiger partial charge in [-0.05, 0) is 38.5 Å². The molecular formula is C19H30N2O7S. The second kappa shape index (κ2) is 12.6. The van der Waals surface area contributed by atoms with Crippen molar-refractivity contribution in [2.24, 2.45) is 0 Å². The molecule has 1 aromatic heterocycles. The average Bonchev–Trinajstić information content (AvgIpc) is 2.72. The Bertz CT molecular complexity index is 690. The molecule has 1 fully saturated rings. The zero-order valence-corrected chi connectivity index (χ0v) is 17.3. The van der Waals surface area contributed by atoms with Gasteiger partial charge in [-0.1, -0.05) is 12.2 Å². The first-order valence-electron chi connectivity index (χ1n) is 9.94. The molecule has 1 amide bonds. The fourth-order valence-corrected chi connectivity index (χ4v) is 2.96. The topological polar surface area (TPSA) is 114 Å². The predicted octanol–water partition coefficient (Wildman–Crippen LogP) is 1.53. The van der Waals surface area contributed by atoms with Crippen LogP contribution in [0.5, 0.6) is 11.5 Å². The van der Waals surface area contributed by atoms with Crippen LogP contribution in [-0.2, 0) is 0 Å². The van der Waals surface area contributed by atoms with Crippen LogP contribution in [-0.4, -0.2) is 76.7 Å². The summed E-state index contributed by atoms with van der Waals surface area (Å²) in [6, 6.07) is 1.64. The van der Waals surface area contributed by atoms with Gasteiger partial charge in [0.05, 0.1) is 25.5 Å². The van der Waals surface area contributed by atoms with Crippen LogP contribution in [0.3, 0.4) is 0 Å². The Labute approximate surface area is 175 Å². The number of likely N-dealkylation sites (tertiary alicyclic amines) is 1. The lowest BCUT2D eigenvalue weighted by Gasteiger charge is -2.28. The predicted molar refractivity (Wildman–Crippen MR) is 108 cm³/mol. The Morgan fingerprint density at radius 2 is 1.69 bits per heavy atom. The third kappa shape index (κ3) is 7.81. The summed E-state index contributed by atoms with van der Waals surface area (Å²) >= 11 is 5.39. The molecule has 1 aromatic rings. The van der Waals surface area contributed by atoms with E-state index < -0.39 is 12.2 Å². The third-order valence-electron chi connectivity index (χ3n) is 4.46. The molecule has 0 aromatic carbocycles. The van der Waals surface area contributed by atoms with E-state index in [9.17, 15) is 9.90 Å². The highest BCUT2D eigenvalue weighted by Gasteiger charge is 2.23. The molecule has 1 aliphatic rings. The van der Waals surface area contributed by atoms with Crippen molar-refractivity contribution < 1.29 is 34.4 Å². The van der Waals surface area contributed by atoms with Crippen LogP contribution in [0.15, 0.2) is 12.3 Å². The first-order valence-corrected chi connectivity index (χ1v) is 10.3.